The van der Waals surface area contributed by atoms with Crippen LogP contribution in [-0.4, -0.2) is 13.4 Å². The van der Waals surface area contributed by atoms with E-state index in [0.29, 0.717) is 9.88 Å². The van der Waals surface area contributed by atoms with Crippen molar-refractivity contribution in [2.45, 2.75) is 18.9 Å². The highest BCUT2D eigenvalue weighted by Crippen LogP contribution is 2.19. The molecule has 0 aliphatic rings. The molecule has 4 nitrogen and oxygen atoms in total. The lowest BCUT2D eigenvalue weighted by Gasteiger charge is -1.90. The Labute approximate surface area is 69.1 Å². The highest BCUT2D eigenvalue weighted by Gasteiger charge is 2.15. The van der Waals surface area contributed by atoms with Gasteiger partial charge in [-0.25, -0.2) is 18.5 Å². The fourth-order valence-corrected chi connectivity index (χ4v) is 2.68. The van der Waals surface area contributed by atoms with Crippen LogP contribution in [0, 0.1) is 13.8 Å². The molecule has 1 heterocycles. The molecular weight excluding hydrogens is 184 g/mol. The number of aryl methyl sites for hydroxylation is 2. The maximum atomic E-state index is 10.8. The molecule has 1 aromatic rings. The molecule has 0 saturated heterocycles. The number of hydrogen-bond donors (Lipinski definition) is 1. The highest BCUT2D eigenvalue weighted by molar-refractivity contribution is 7.89. The summed E-state index contributed by atoms with van der Waals surface area (Å²) in [6.07, 6.45) is 0. The summed E-state index contributed by atoms with van der Waals surface area (Å²) < 4.78 is 21.6. The van der Waals surface area contributed by atoms with Gasteiger partial charge in [0, 0.05) is 4.88 Å². The van der Waals surface area contributed by atoms with Gasteiger partial charge in [-0.3, -0.25) is 0 Å². The first-order chi connectivity index (χ1) is 4.91. The molecule has 0 spiro atoms. The van der Waals surface area contributed by atoms with E-state index in [1.807, 2.05) is 0 Å². The SMILES string of the molecule is Cc1nc(S(N)(=O)=O)c(C)s1. The van der Waals surface area contributed by atoms with Crippen LogP contribution in [0.1, 0.15) is 9.88 Å². The zero-order chi connectivity index (χ0) is 8.65. The molecule has 1 rings (SSSR count). The lowest BCUT2D eigenvalue weighted by atomic mass is 10.6. The Balaban J connectivity index is 3.36. The van der Waals surface area contributed by atoms with Crippen molar-refractivity contribution in [3.63, 3.8) is 0 Å². The first-order valence-electron chi connectivity index (χ1n) is 2.88. The van der Waals surface area contributed by atoms with Gasteiger partial charge in [0.15, 0.2) is 5.03 Å². The van der Waals surface area contributed by atoms with Crippen molar-refractivity contribution >= 4 is 21.4 Å². The molecule has 0 aromatic carbocycles. The molecule has 0 bridgehead atoms. The molecule has 0 radical (unpaired) electrons. The minimum Gasteiger partial charge on any atom is -0.228 e. The van der Waals surface area contributed by atoms with Gasteiger partial charge in [-0.2, -0.15) is 0 Å². The third kappa shape index (κ3) is 1.76. The largest absolute Gasteiger partial charge is 0.256 e. The second kappa shape index (κ2) is 2.54. The van der Waals surface area contributed by atoms with E-state index >= 15 is 0 Å². The van der Waals surface area contributed by atoms with Crippen LogP contribution < -0.4 is 5.14 Å². The number of hydrogen-bond acceptors (Lipinski definition) is 4. The van der Waals surface area contributed by atoms with Crippen LogP contribution in [0.4, 0.5) is 0 Å². The predicted molar refractivity (Wildman–Crippen MR) is 43.0 cm³/mol. The van der Waals surface area contributed by atoms with Gasteiger partial charge in [-0.15, -0.1) is 11.3 Å². The Morgan fingerprint density at radius 1 is 1.45 bits per heavy atom. The maximum absolute atomic E-state index is 10.8. The topological polar surface area (TPSA) is 73.0 Å². The predicted octanol–water partition coefficient (Wildman–Crippen LogP) is 0.407. The molecule has 0 aliphatic heterocycles. The molecule has 11 heavy (non-hydrogen) atoms. The molecule has 0 unspecified atom stereocenters. The van der Waals surface area contributed by atoms with Crippen LogP contribution in [0.15, 0.2) is 5.03 Å². The molecule has 2 N–H and O–H groups in total. The standard InChI is InChI=1S/C5H8N2O2S2/c1-3-5(11(6,8)9)7-4(2)10-3/h1-2H3,(H2,6,8,9). The maximum Gasteiger partial charge on any atom is 0.256 e. The molecule has 0 aliphatic carbocycles. The molecule has 0 saturated carbocycles. The average Bonchev–Trinajstić information content (AvgIpc) is 2.08. The summed E-state index contributed by atoms with van der Waals surface area (Å²) >= 11 is 1.33. The Bertz CT molecular complexity index is 366. The number of rotatable bonds is 1. The third-order valence-corrected chi connectivity index (χ3v) is 3.08. The van der Waals surface area contributed by atoms with E-state index in [4.69, 9.17) is 5.14 Å². The highest BCUT2D eigenvalue weighted by atomic mass is 32.2. The quantitative estimate of drug-likeness (QED) is 0.700. The Kier molecular flexibility index (Phi) is 2.00. The van der Waals surface area contributed by atoms with Crippen molar-refractivity contribution < 1.29 is 8.42 Å². The first kappa shape index (κ1) is 8.63. The van der Waals surface area contributed by atoms with Gasteiger partial charge >= 0.3 is 0 Å². The minimum absolute atomic E-state index is 0.000000000000000222. The van der Waals surface area contributed by atoms with Crippen molar-refractivity contribution in [1.29, 1.82) is 0 Å². The van der Waals surface area contributed by atoms with E-state index in [1.165, 1.54) is 11.3 Å². The molecule has 0 atom stereocenters. The van der Waals surface area contributed by atoms with Crippen molar-refractivity contribution in [1.82, 2.24) is 4.98 Å². The molecule has 6 heteroatoms. The van der Waals surface area contributed by atoms with Gasteiger partial charge in [0.2, 0.25) is 0 Å². The van der Waals surface area contributed by atoms with Crippen molar-refractivity contribution in [3.05, 3.63) is 9.88 Å². The average molecular weight is 192 g/mol. The third-order valence-electron chi connectivity index (χ3n) is 1.13. The smallest absolute Gasteiger partial charge is 0.228 e. The lowest BCUT2D eigenvalue weighted by molar-refractivity contribution is 0.594. The summed E-state index contributed by atoms with van der Waals surface area (Å²) in [7, 11) is -3.61. The Morgan fingerprint density at radius 3 is 2.18 bits per heavy atom. The lowest BCUT2D eigenvalue weighted by Crippen LogP contribution is -2.13. The zero-order valence-electron chi connectivity index (χ0n) is 6.16. The van der Waals surface area contributed by atoms with Crippen molar-refractivity contribution in [2.75, 3.05) is 0 Å². The van der Waals surface area contributed by atoms with Crippen LogP contribution in [0.2, 0.25) is 0 Å². The van der Waals surface area contributed by atoms with Crippen molar-refractivity contribution in [2.24, 2.45) is 5.14 Å². The van der Waals surface area contributed by atoms with Gasteiger partial charge in [-0.1, -0.05) is 0 Å². The second-order valence-corrected chi connectivity index (χ2v) is 5.02. The van der Waals surface area contributed by atoms with E-state index < -0.39 is 10.0 Å². The number of aromatic nitrogens is 1. The van der Waals surface area contributed by atoms with Gasteiger partial charge in [-0.05, 0) is 13.8 Å². The minimum atomic E-state index is -3.61. The van der Waals surface area contributed by atoms with Crippen LogP contribution in [0.25, 0.3) is 0 Å². The molecule has 0 fully saturated rings. The summed E-state index contributed by atoms with van der Waals surface area (Å²) in [5, 5.41) is 5.60. The Hall–Kier alpha value is -0.460. The number of sulfonamides is 1. The molecular formula is C5H8N2O2S2. The zero-order valence-corrected chi connectivity index (χ0v) is 7.79. The number of thiazole rings is 1. The van der Waals surface area contributed by atoms with Gasteiger partial charge in [0.25, 0.3) is 10.0 Å². The second-order valence-electron chi connectivity index (χ2n) is 2.14. The van der Waals surface area contributed by atoms with E-state index in [1.54, 1.807) is 13.8 Å². The van der Waals surface area contributed by atoms with Gasteiger partial charge in [0.05, 0.1) is 5.01 Å². The summed E-state index contributed by atoms with van der Waals surface area (Å²) in [5.41, 5.74) is 0. The summed E-state index contributed by atoms with van der Waals surface area (Å²) in [5.74, 6) is 0. The summed E-state index contributed by atoms with van der Waals surface area (Å²) in [4.78, 5) is 4.43. The van der Waals surface area contributed by atoms with Crippen molar-refractivity contribution in [3.8, 4) is 0 Å². The fourth-order valence-electron chi connectivity index (χ4n) is 0.774. The number of nitrogens with two attached hydrogens (primary N) is 1. The number of primary sulfonamides is 1. The van der Waals surface area contributed by atoms with Crippen LogP contribution in [0.5, 0.6) is 0 Å². The molecule has 0 amide bonds. The first-order valence-corrected chi connectivity index (χ1v) is 5.24. The normalized spacial score (nSPS) is 11.9. The fraction of sp³-hybridized carbons (Fsp3) is 0.400. The van der Waals surface area contributed by atoms with E-state index in [2.05, 4.69) is 4.98 Å². The van der Waals surface area contributed by atoms with Crippen LogP contribution >= 0.6 is 11.3 Å². The Morgan fingerprint density at radius 2 is 2.00 bits per heavy atom. The monoisotopic (exact) mass is 192 g/mol. The number of nitrogens with zero attached hydrogens (tertiary/aromatic N) is 1. The van der Waals surface area contributed by atoms with Crippen LogP contribution in [0.3, 0.4) is 0 Å². The van der Waals surface area contributed by atoms with E-state index in [0.717, 1.165) is 0 Å². The molecule has 62 valence electrons. The van der Waals surface area contributed by atoms with Gasteiger partial charge in [0.1, 0.15) is 0 Å². The van der Waals surface area contributed by atoms with Gasteiger partial charge < -0.3 is 0 Å². The van der Waals surface area contributed by atoms with E-state index in [9.17, 15) is 8.42 Å². The summed E-state index contributed by atoms with van der Waals surface area (Å²) in [6.45, 7) is 3.43. The molecule has 1 aromatic heterocycles. The summed E-state index contributed by atoms with van der Waals surface area (Å²) in [6, 6.07) is 0. The van der Waals surface area contributed by atoms with E-state index in [-0.39, 0.29) is 5.03 Å². The van der Waals surface area contributed by atoms with Crippen LogP contribution in [-0.2, 0) is 10.0 Å².